The van der Waals surface area contributed by atoms with Gasteiger partial charge in [0.1, 0.15) is 12.3 Å². The summed E-state index contributed by atoms with van der Waals surface area (Å²) in [4.78, 5) is 1.66. The first-order valence-corrected chi connectivity index (χ1v) is 7.48. The summed E-state index contributed by atoms with van der Waals surface area (Å²) in [6.07, 6.45) is 0. The van der Waals surface area contributed by atoms with Crippen molar-refractivity contribution in [2.45, 2.75) is 6.54 Å². The molecule has 1 saturated heterocycles. The Morgan fingerprint density at radius 1 is 1.38 bits per heavy atom. The van der Waals surface area contributed by atoms with Gasteiger partial charge >= 0.3 is 0 Å². The Hall–Kier alpha value is -0.190. The van der Waals surface area contributed by atoms with Crippen LogP contribution in [0.3, 0.4) is 0 Å². The molecule has 0 saturated carbocycles. The van der Waals surface area contributed by atoms with Crippen molar-refractivity contribution in [3.8, 4) is 5.75 Å². The Morgan fingerprint density at radius 2 is 2.12 bits per heavy atom. The van der Waals surface area contributed by atoms with E-state index in [0.29, 0.717) is 0 Å². The van der Waals surface area contributed by atoms with Crippen LogP contribution in [-0.2, 0) is 6.54 Å². The number of hydrogen-bond acceptors (Lipinski definition) is 2. The monoisotopic (exact) mass is 302 g/mol. The fraction of sp³-hybridized carbons (Fsp3) is 0.500. The summed E-state index contributed by atoms with van der Waals surface area (Å²) in [5.74, 6) is 3.58. The molecule has 0 amide bonds. The van der Waals surface area contributed by atoms with E-state index in [1.165, 1.54) is 30.2 Å². The first-order valence-electron chi connectivity index (χ1n) is 5.53. The first-order chi connectivity index (χ1) is 7.79. The molecule has 0 aromatic heterocycles. The van der Waals surface area contributed by atoms with Crippen molar-refractivity contribution in [2.24, 2.45) is 0 Å². The Bertz CT molecular complexity index is 353. The van der Waals surface area contributed by atoms with Crippen LogP contribution in [0.1, 0.15) is 5.56 Å². The number of benzene rings is 1. The first kappa shape index (κ1) is 12.3. The fourth-order valence-corrected chi connectivity index (χ4v) is 3.47. The number of methoxy groups -OCH3 is 1. The molecule has 16 heavy (non-hydrogen) atoms. The number of hydrogen-bond donors (Lipinski definition) is 1. The van der Waals surface area contributed by atoms with Gasteiger partial charge in [0.2, 0.25) is 0 Å². The van der Waals surface area contributed by atoms with Crippen molar-refractivity contribution in [3.05, 3.63) is 28.2 Å². The van der Waals surface area contributed by atoms with Gasteiger partial charge in [-0.2, -0.15) is 11.8 Å². The molecule has 0 aliphatic carbocycles. The number of halogens is 1. The molecule has 88 valence electrons. The standard InChI is InChI=1S/C12H16BrNOS/c1-15-12-3-2-11(13)8-10(12)9-14-4-6-16-7-5-14/h2-3,8H,4-7,9H2,1H3/p+1. The smallest absolute Gasteiger partial charge is 0.127 e. The second-order valence-corrected chi connectivity index (χ2v) is 6.14. The number of ether oxygens (including phenoxy) is 1. The van der Waals surface area contributed by atoms with Crippen molar-refractivity contribution in [1.29, 1.82) is 0 Å². The van der Waals surface area contributed by atoms with Crippen LogP contribution in [0.25, 0.3) is 0 Å². The molecule has 2 rings (SSSR count). The lowest BCUT2D eigenvalue weighted by Crippen LogP contribution is -3.12. The van der Waals surface area contributed by atoms with Crippen LogP contribution in [0, 0.1) is 0 Å². The fourth-order valence-electron chi connectivity index (χ4n) is 1.99. The summed E-state index contributed by atoms with van der Waals surface area (Å²) in [6, 6.07) is 6.24. The van der Waals surface area contributed by atoms with E-state index in [1.54, 1.807) is 12.0 Å². The lowest BCUT2D eigenvalue weighted by molar-refractivity contribution is -0.910. The Labute approximate surface area is 109 Å². The van der Waals surface area contributed by atoms with E-state index in [4.69, 9.17) is 4.74 Å². The average Bonchev–Trinajstić information content (AvgIpc) is 2.31. The summed E-state index contributed by atoms with van der Waals surface area (Å²) in [5, 5.41) is 0. The minimum Gasteiger partial charge on any atom is -0.496 e. The van der Waals surface area contributed by atoms with Gasteiger partial charge in [0.25, 0.3) is 0 Å². The van der Waals surface area contributed by atoms with Gasteiger partial charge in [-0.05, 0) is 18.2 Å². The number of nitrogens with one attached hydrogen (secondary N) is 1. The van der Waals surface area contributed by atoms with Crippen LogP contribution in [-0.4, -0.2) is 31.7 Å². The van der Waals surface area contributed by atoms with Crippen LogP contribution < -0.4 is 9.64 Å². The summed E-state index contributed by atoms with van der Waals surface area (Å²) in [5.41, 5.74) is 1.30. The van der Waals surface area contributed by atoms with Crippen LogP contribution in [0.15, 0.2) is 22.7 Å². The van der Waals surface area contributed by atoms with Crippen LogP contribution in [0.2, 0.25) is 0 Å². The summed E-state index contributed by atoms with van der Waals surface area (Å²) in [6.45, 7) is 3.60. The second-order valence-electron chi connectivity index (χ2n) is 4.00. The van der Waals surface area contributed by atoms with Crippen LogP contribution in [0.5, 0.6) is 5.75 Å². The molecule has 1 N–H and O–H groups in total. The second kappa shape index (κ2) is 5.94. The number of rotatable bonds is 3. The Balaban J connectivity index is 2.09. The third kappa shape index (κ3) is 3.15. The van der Waals surface area contributed by atoms with Gasteiger partial charge in [-0.25, -0.2) is 0 Å². The largest absolute Gasteiger partial charge is 0.496 e. The van der Waals surface area contributed by atoms with Crippen molar-refractivity contribution in [1.82, 2.24) is 0 Å². The minimum absolute atomic E-state index is 1.01. The molecule has 1 aliphatic rings. The molecule has 0 bridgehead atoms. The third-order valence-corrected chi connectivity index (χ3v) is 4.36. The van der Waals surface area contributed by atoms with E-state index < -0.39 is 0 Å². The summed E-state index contributed by atoms with van der Waals surface area (Å²) >= 11 is 5.58. The average molecular weight is 303 g/mol. The van der Waals surface area contributed by atoms with Gasteiger partial charge in [0, 0.05) is 21.5 Å². The molecule has 1 aromatic rings. The van der Waals surface area contributed by atoms with Gasteiger partial charge < -0.3 is 9.64 Å². The van der Waals surface area contributed by atoms with Gasteiger partial charge in [-0.15, -0.1) is 0 Å². The van der Waals surface area contributed by atoms with Gasteiger partial charge in [0.15, 0.2) is 0 Å². The normalized spacial score (nSPS) is 17.4. The summed E-state index contributed by atoms with van der Waals surface area (Å²) < 4.78 is 6.54. The molecule has 1 aromatic carbocycles. The highest BCUT2D eigenvalue weighted by Crippen LogP contribution is 2.22. The molecule has 0 radical (unpaired) electrons. The number of quaternary nitrogens is 1. The topological polar surface area (TPSA) is 13.7 Å². The Kier molecular flexibility index (Phi) is 4.55. The van der Waals surface area contributed by atoms with E-state index in [0.717, 1.165) is 16.8 Å². The molecule has 0 atom stereocenters. The maximum atomic E-state index is 5.40. The number of thioether (sulfide) groups is 1. The molecular weight excluding hydrogens is 286 g/mol. The van der Waals surface area contributed by atoms with Gasteiger partial charge in [0.05, 0.1) is 20.2 Å². The van der Waals surface area contributed by atoms with E-state index >= 15 is 0 Å². The lowest BCUT2D eigenvalue weighted by atomic mass is 10.2. The SMILES string of the molecule is COc1ccc(Br)cc1C[NH+]1CCSCC1. The van der Waals surface area contributed by atoms with Crippen molar-refractivity contribution < 1.29 is 9.64 Å². The predicted octanol–water partition coefficient (Wildman–Crippen LogP) is 1.59. The molecule has 0 unspecified atom stereocenters. The minimum atomic E-state index is 1.01. The van der Waals surface area contributed by atoms with E-state index in [-0.39, 0.29) is 0 Å². The van der Waals surface area contributed by atoms with Crippen LogP contribution in [0.4, 0.5) is 0 Å². The molecule has 0 spiro atoms. The Morgan fingerprint density at radius 3 is 2.81 bits per heavy atom. The third-order valence-electron chi connectivity index (χ3n) is 2.88. The lowest BCUT2D eigenvalue weighted by Gasteiger charge is -2.24. The highest BCUT2D eigenvalue weighted by Gasteiger charge is 2.16. The molecular formula is C12H17BrNOS+. The quantitative estimate of drug-likeness (QED) is 0.911. The molecule has 4 heteroatoms. The maximum absolute atomic E-state index is 5.40. The zero-order chi connectivity index (χ0) is 11.4. The molecule has 1 aliphatic heterocycles. The highest BCUT2D eigenvalue weighted by atomic mass is 79.9. The predicted molar refractivity (Wildman–Crippen MR) is 72.4 cm³/mol. The highest BCUT2D eigenvalue weighted by molar-refractivity contribution is 9.10. The van der Waals surface area contributed by atoms with E-state index in [2.05, 4.69) is 33.8 Å². The molecule has 2 nitrogen and oxygen atoms in total. The van der Waals surface area contributed by atoms with Crippen LogP contribution >= 0.6 is 27.7 Å². The van der Waals surface area contributed by atoms with Crippen molar-refractivity contribution in [3.63, 3.8) is 0 Å². The molecule has 1 fully saturated rings. The van der Waals surface area contributed by atoms with Crippen molar-refractivity contribution in [2.75, 3.05) is 31.7 Å². The summed E-state index contributed by atoms with van der Waals surface area (Å²) in [7, 11) is 1.74. The zero-order valence-corrected chi connectivity index (χ0v) is 11.9. The van der Waals surface area contributed by atoms with Gasteiger partial charge in [-0.3, -0.25) is 0 Å². The van der Waals surface area contributed by atoms with Crippen molar-refractivity contribution >= 4 is 27.7 Å². The maximum Gasteiger partial charge on any atom is 0.127 e. The zero-order valence-electron chi connectivity index (χ0n) is 9.46. The van der Waals surface area contributed by atoms with Gasteiger partial charge in [-0.1, -0.05) is 15.9 Å². The van der Waals surface area contributed by atoms with E-state index in [1.807, 2.05) is 12.1 Å². The molecule has 1 heterocycles. The van der Waals surface area contributed by atoms with E-state index in [9.17, 15) is 0 Å².